The lowest BCUT2D eigenvalue weighted by Gasteiger charge is -2.23. The first-order valence-corrected chi connectivity index (χ1v) is 8.86. The van der Waals surface area contributed by atoms with E-state index in [1.54, 1.807) is 55.5 Å². The van der Waals surface area contributed by atoms with Crippen LogP contribution in [-0.2, 0) is 9.53 Å². The predicted octanol–water partition coefficient (Wildman–Crippen LogP) is 4.42. The SMILES string of the molecule is COC(=O)C1(C)CN(C(=O)Nc2ccc(Cl)cc2)N=C1c1ccc(Cl)cc1. The van der Waals surface area contributed by atoms with E-state index in [4.69, 9.17) is 27.9 Å². The molecule has 27 heavy (non-hydrogen) atoms. The van der Waals surface area contributed by atoms with E-state index in [1.807, 2.05) is 0 Å². The number of amides is 2. The molecule has 0 saturated carbocycles. The standard InChI is InChI=1S/C19H17Cl2N3O3/c1-19(17(25)27-2)11-24(18(26)22-15-9-7-14(21)8-10-15)23-16(19)12-3-5-13(20)6-4-12/h3-10H,11H2,1-2H3,(H,22,26). The van der Waals surface area contributed by atoms with Crippen LogP contribution in [0.15, 0.2) is 53.6 Å². The Bertz CT molecular complexity index is 897. The Morgan fingerprint density at radius 1 is 1.07 bits per heavy atom. The van der Waals surface area contributed by atoms with Crippen molar-refractivity contribution < 1.29 is 14.3 Å². The molecule has 1 N–H and O–H groups in total. The van der Waals surface area contributed by atoms with Crippen molar-refractivity contribution in [3.8, 4) is 0 Å². The van der Waals surface area contributed by atoms with Gasteiger partial charge in [0.25, 0.3) is 0 Å². The van der Waals surface area contributed by atoms with E-state index in [-0.39, 0.29) is 6.54 Å². The number of anilines is 1. The number of esters is 1. The minimum absolute atomic E-state index is 0.0526. The van der Waals surface area contributed by atoms with E-state index < -0.39 is 17.4 Å². The highest BCUT2D eigenvalue weighted by Gasteiger charge is 2.48. The molecule has 3 rings (SSSR count). The van der Waals surface area contributed by atoms with Crippen molar-refractivity contribution in [1.82, 2.24) is 5.01 Å². The zero-order chi connectivity index (χ0) is 19.6. The molecule has 1 atom stereocenters. The van der Waals surface area contributed by atoms with Crippen molar-refractivity contribution in [2.75, 3.05) is 19.0 Å². The Morgan fingerprint density at radius 3 is 2.19 bits per heavy atom. The Hall–Kier alpha value is -2.57. The fourth-order valence-electron chi connectivity index (χ4n) is 2.85. The van der Waals surface area contributed by atoms with E-state index >= 15 is 0 Å². The van der Waals surface area contributed by atoms with Crippen molar-refractivity contribution >= 4 is 46.6 Å². The zero-order valence-corrected chi connectivity index (χ0v) is 16.2. The van der Waals surface area contributed by atoms with Crippen LogP contribution in [0.3, 0.4) is 0 Å². The van der Waals surface area contributed by atoms with E-state index in [9.17, 15) is 9.59 Å². The highest BCUT2D eigenvalue weighted by molar-refractivity contribution is 6.31. The summed E-state index contributed by atoms with van der Waals surface area (Å²) in [5, 5.41) is 9.47. The Labute approximate surface area is 166 Å². The van der Waals surface area contributed by atoms with Gasteiger partial charge in [0.1, 0.15) is 5.41 Å². The van der Waals surface area contributed by atoms with E-state index in [0.717, 1.165) is 0 Å². The molecule has 0 fully saturated rings. The van der Waals surface area contributed by atoms with Gasteiger partial charge in [0.2, 0.25) is 0 Å². The second-order valence-corrected chi connectivity index (χ2v) is 7.15. The maximum atomic E-state index is 12.6. The molecule has 1 aliphatic rings. The Morgan fingerprint density at radius 2 is 1.63 bits per heavy atom. The largest absolute Gasteiger partial charge is 0.468 e. The van der Waals surface area contributed by atoms with Gasteiger partial charge < -0.3 is 10.1 Å². The summed E-state index contributed by atoms with van der Waals surface area (Å²) < 4.78 is 4.95. The van der Waals surface area contributed by atoms with Gasteiger partial charge in [-0.3, -0.25) is 4.79 Å². The summed E-state index contributed by atoms with van der Waals surface area (Å²) in [7, 11) is 1.31. The molecule has 0 bridgehead atoms. The molecule has 0 saturated heterocycles. The number of nitrogens with zero attached hydrogens (tertiary/aromatic N) is 2. The summed E-state index contributed by atoms with van der Waals surface area (Å²) in [6, 6.07) is 13.1. The van der Waals surface area contributed by atoms with Gasteiger partial charge in [0.15, 0.2) is 0 Å². The van der Waals surface area contributed by atoms with Crippen LogP contribution in [-0.4, -0.2) is 36.4 Å². The molecular weight excluding hydrogens is 389 g/mol. The number of hydrazone groups is 1. The second-order valence-electron chi connectivity index (χ2n) is 6.27. The third-order valence-corrected chi connectivity index (χ3v) is 4.80. The van der Waals surface area contributed by atoms with E-state index in [1.165, 1.54) is 12.1 Å². The smallest absolute Gasteiger partial charge is 0.342 e. The average molecular weight is 406 g/mol. The summed E-state index contributed by atoms with van der Waals surface area (Å²) in [5.41, 5.74) is 0.602. The number of methoxy groups -OCH3 is 1. The van der Waals surface area contributed by atoms with Crippen molar-refractivity contribution in [2.45, 2.75) is 6.92 Å². The summed E-state index contributed by atoms with van der Waals surface area (Å²) in [6.45, 7) is 1.75. The first kappa shape index (κ1) is 19.2. The van der Waals surface area contributed by atoms with Crippen LogP contribution in [0.1, 0.15) is 12.5 Å². The highest BCUT2D eigenvalue weighted by atomic mass is 35.5. The number of nitrogens with one attached hydrogen (secondary N) is 1. The van der Waals surface area contributed by atoms with E-state index in [2.05, 4.69) is 10.4 Å². The fraction of sp³-hybridized carbons (Fsp3) is 0.211. The lowest BCUT2D eigenvalue weighted by atomic mass is 9.82. The molecule has 2 aromatic rings. The van der Waals surface area contributed by atoms with Crippen LogP contribution in [0.4, 0.5) is 10.5 Å². The Balaban J connectivity index is 1.90. The lowest BCUT2D eigenvalue weighted by Crippen LogP contribution is -2.42. The molecule has 0 radical (unpaired) electrons. The molecule has 6 nitrogen and oxygen atoms in total. The topological polar surface area (TPSA) is 71.0 Å². The molecule has 140 valence electrons. The number of halogens is 2. The van der Waals surface area contributed by atoms with Gasteiger partial charge in [-0.2, -0.15) is 5.10 Å². The second kappa shape index (κ2) is 7.58. The maximum Gasteiger partial charge on any atom is 0.342 e. The average Bonchev–Trinajstić information content (AvgIpc) is 3.02. The number of urea groups is 1. The van der Waals surface area contributed by atoms with Crippen LogP contribution in [0.25, 0.3) is 0 Å². The number of ether oxygens (including phenoxy) is 1. The molecule has 2 aromatic carbocycles. The molecular formula is C19H17Cl2N3O3. The van der Waals surface area contributed by atoms with Gasteiger partial charge >= 0.3 is 12.0 Å². The molecule has 0 spiro atoms. The first-order valence-electron chi connectivity index (χ1n) is 8.11. The number of benzene rings is 2. The summed E-state index contributed by atoms with van der Waals surface area (Å²) in [5.74, 6) is -0.474. The van der Waals surface area contributed by atoms with Crippen LogP contribution < -0.4 is 5.32 Å². The first-order chi connectivity index (χ1) is 12.8. The number of hydrogen-bond donors (Lipinski definition) is 1. The van der Waals surface area contributed by atoms with Gasteiger partial charge in [-0.05, 0) is 48.9 Å². The van der Waals surface area contributed by atoms with Crippen molar-refractivity contribution in [3.63, 3.8) is 0 Å². The third-order valence-electron chi connectivity index (χ3n) is 4.29. The van der Waals surface area contributed by atoms with Gasteiger partial charge in [-0.25, -0.2) is 9.80 Å². The number of rotatable bonds is 3. The molecule has 1 unspecified atom stereocenters. The summed E-state index contributed by atoms with van der Waals surface area (Å²) >= 11 is 11.8. The predicted molar refractivity (Wildman–Crippen MR) is 105 cm³/mol. The normalized spacial score (nSPS) is 18.8. The number of carbonyl (C=O) groups is 2. The molecule has 0 aliphatic carbocycles. The van der Waals surface area contributed by atoms with Crippen LogP contribution in [0.5, 0.6) is 0 Å². The highest BCUT2D eigenvalue weighted by Crippen LogP contribution is 2.33. The van der Waals surface area contributed by atoms with Crippen molar-refractivity contribution in [2.24, 2.45) is 10.5 Å². The van der Waals surface area contributed by atoms with Crippen LogP contribution >= 0.6 is 23.2 Å². The molecule has 1 heterocycles. The Kier molecular flexibility index (Phi) is 5.39. The summed E-state index contributed by atoms with van der Waals surface area (Å²) in [4.78, 5) is 25.1. The van der Waals surface area contributed by atoms with Crippen molar-refractivity contribution in [1.29, 1.82) is 0 Å². The van der Waals surface area contributed by atoms with E-state index in [0.29, 0.717) is 27.0 Å². The van der Waals surface area contributed by atoms with Gasteiger partial charge in [0, 0.05) is 15.7 Å². The van der Waals surface area contributed by atoms with Gasteiger partial charge in [0.05, 0.1) is 19.4 Å². The fourth-order valence-corrected chi connectivity index (χ4v) is 3.10. The molecule has 8 heteroatoms. The minimum Gasteiger partial charge on any atom is -0.468 e. The third kappa shape index (κ3) is 3.91. The van der Waals surface area contributed by atoms with Gasteiger partial charge in [-0.1, -0.05) is 35.3 Å². The van der Waals surface area contributed by atoms with Crippen LogP contribution in [0, 0.1) is 5.41 Å². The number of carbonyl (C=O) groups excluding carboxylic acids is 2. The monoisotopic (exact) mass is 405 g/mol. The maximum absolute atomic E-state index is 12.6. The van der Waals surface area contributed by atoms with Gasteiger partial charge in [-0.15, -0.1) is 0 Å². The molecule has 1 aliphatic heterocycles. The number of hydrogen-bond acceptors (Lipinski definition) is 4. The lowest BCUT2D eigenvalue weighted by molar-refractivity contribution is -0.147. The molecule has 0 aromatic heterocycles. The minimum atomic E-state index is -1.10. The summed E-state index contributed by atoms with van der Waals surface area (Å²) in [6.07, 6.45) is 0. The van der Waals surface area contributed by atoms with Crippen LogP contribution in [0.2, 0.25) is 10.0 Å². The zero-order valence-electron chi connectivity index (χ0n) is 14.7. The quantitative estimate of drug-likeness (QED) is 0.767. The van der Waals surface area contributed by atoms with Crippen molar-refractivity contribution in [3.05, 3.63) is 64.1 Å². The molecule has 2 amide bonds.